The second kappa shape index (κ2) is 3.63. The van der Waals surface area contributed by atoms with Crippen molar-refractivity contribution < 1.29 is 9.90 Å². The van der Waals surface area contributed by atoms with E-state index in [1.165, 1.54) is 6.92 Å². The van der Waals surface area contributed by atoms with E-state index in [0.717, 1.165) is 0 Å². The van der Waals surface area contributed by atoms with Gasteiger partial charge in [-0.2, -0.15) is 0 Å². The van der Waals surface area contributed by atoms with Crippen LogP contribution in [0.5, 0.6) is 0 Å². The van der Waals surface area contributed by atoms with Gasteiger partial charge in [0.2, 0.25) is 4.33 Å². The van der Waals surface area contributed by atoms with Crippen LogP contribution in [0.2, 0.25) is 0 Å². The van der Waals surface area contributed by atoms with Crippen molar-refractivity contribution in [2.45, 2.75) is 11.3 Å². The number of rotatable bonds is 1. The normalized spacial score (nSPS) is 9.88. The van der Waals surface area contributed by atoms with E-state index in [1.54, 1.807) is 0 Å². The summed E-state index contributed by atoms with van der Waals surface area (Å²) in [7, 11) is 0. The van der Waals surface area contributed by atoms with Crippen molar-refractivity contribution in [3.63, 3.8) is 0 Å². The van der Waals surface area contributed by atoms with Crippen molar-refractivity contribution in [1.82, 2.24) is 0 Å². The molecule has 44 valence electrons. The molecule has 0 aromatic carbocycles. The summed E-state index contributed by atoms with van der Waals surface area (Å²) in [5.74, 6) is -1.23. The Labute approximate surface area is 69.3 Å². The Balaban J connectivity index is 0. The van der Waals surface area contributed by atoms with Crippen molar-refractivity contribution in [1.29, 1.82) is 0 Å². The average Bonchev–Trinajstić information content (AvgIpc) is 1.31. The van der Waals surface area contributed by atoms with E-state index in [1.807, 2.05) is 0 Å². The maximum atomic E-state index is 9.76. The molecule has 0 aromatic heterocycles. The van der Waals surface area contributed by atoms with E-state index < -0.39 is 10.3 Å². The molecule has 2 nitrogen and oxygen atoms in total. The van der Waals surface area contributed by atoms with Crippen molar-refractivity contribution in [2.24, 2.45) is 0 Å². The predicted molar refractivity (Wildman–Crippen MR) is 34.9 cm³/mol. The Bertz CT molecular complexity index is 87.8. The Hall–Kier alpha value is 0.647. The molecule has 0 spiro atoms. The monoisotopic (exact) mass is 150 g/mol. The molecular weight excluding hydrogens is 146 g/mol. The van der Waals surface area contributed by atoms with Crippen LogP contribution in [0.15, 0.2) is 0 Å². The minimum absolute atomic E-state index is 0. The number of carboxylic acids is 1. The van der Waals surface area contributed by atoms with Crippen LogP contribution in [-0.2, 0) is 4.79 Å². The molecule has 0 heterocycles. The van der Waals surface area contributed by atoms with Crippen LogP contribution in [0.4, 0.5) is 0 Å². The number of aliphatic carboxylic acids is 1. The average molecular weight is 151 g/mol. The molecule has 0 amide bonds. The summed E-state index contributed by atoms with van der Waals surface area (Å²) < 4.78 is -1.64. The number of carboxylic acid groups (broad SMARTS) is 1. The zero-order valence-corrected chi connectivity index (χ0v) is 5.12. The van der Waals surface area contributed by atoms with Gasteiger partial charge in [-0.25, -0.2) is 4.79 Å². The zero-order chi connectivity index (χ0) is 6.08. The van der Waals surface area contributed by atoms with E-state index >= 15 is 0 Å². The Kier molecular flexibility index (Phi) is 5.19. The molecule has 0 fully saturated rings. The molecule has 0 saturated heterocycles. The first-order chi connectivity index (χ1) is 2.94. The van der Waals surface area contributed by atoms with Gasteiger partial charge in [0, 0.05) is 0 Å². The fraction of sp³-hybridized carbons (Fsp3) is 0.667. The van der Waals surface area contributed by atoms with Gasteiger partial charge >= 0.3 is 24.8 Å². The third kappa shape index (κ3) is 4.80. The first-order valence-electron chi connectivity index (χ1n) is 1.56. The second-order valence-electron chi connectivity index (χ2n) is 1.19. The first kappa shape index (κ1) is 11.4. The fourth-order valence-electron chi connectivity index (χ4n) is 0. The molecule has 0 rings (SSSR count). The molecule has 5 heteroatoms. The van der Waals surface area contributed by atoms with E-state index in [4.69, 9.17) is 28.3 Å². The summed E-state index contributed by atoms with van der Waals surface area (Å²) in [6, 6.07) is 0. The van der Waals surface area contributed by atoms with Crippen molar-refractivity contribution >= 4 is 48.0 Å². The van der Waals surface area contributed by atoms with Gasteiger partial charge in [0.05, 0.1) is 0 Å². The van der Waals surface area contributed by atoms with Gasteiger partial charge < -0.3 is 5.11 Å². The molecule has 0 aromatic rings. The molecule has 0 aliphatic heterocycles. The molecule has 0 atom stereocenters. The van der Waals surface area contributed by atoms with Gasteiger partial charge in [-0.05, 0) is 6.92 Å². The summed E-state index contributed by atoms with van der Waals surface area (Å²) in [4.78, 5) is 9.76. The molecule has 0 unspecified atom stereocenters. The SMILES string of the molecule is CC(Cl)(Cl)C(=O)O.[LiH]. The molecule has 8 heavy (non-hydrogen) atoms. The van der Waals surface area contributed by atoms with E-state index in [2.05, 4.69) is 0 Å². The minimum atomic E-state index is -1.64. The molecule has 1 N–H and O–H groups in total. The number of alkyl halides is 2. The van der Waals surface area contributed by atoms with Crippen molar-refractivity contribution in [3.05, 3.63) is 0 Å². The molecular formula is C3H5Cl2LiO2. The molecule has 0 bridgehead atoms. The predicted octanol–water partition coefficient (Wildman–Crippen LogP) is 0.616. The molecule has 0 aliphatic carbocycles. The summed E-state index contributed by atoms with van der Waals surface area (Å²) in [6.45, 7) is 1.19. The Morgan fingerprint density at radius 1 is 1.62 bits per heavy atom. The van der Waals surface area contributed by atoms with Crippen LogP contribution in [-0.4, -0.2) is 34.3 Å². The third-order valence-electron chi connectivity index (χ3n) is 0.376. The molecule has 0 saturated carbocycles. The summed E-state index contributed by atoms with van der Waals surface area (Å²) in [6.07, 6.45) is 0. The van der Waals surface area contributed by atoms with Crippen LogP contribution in [0, 0.1) is 0 Å². The van der Waals surface area contributed by atoms with E-state index in [9.17, 15) is 4.79 Å². The van der Waals surface area contributed by atoms with Crippen LogP contribution in [0.1, 0.15) is 6.92 Å². The van der Waals surface area contributed by atoms with Gasteiger partial charge in [0.1, 0.15) is 0 Å². The summed E-state index contributed by atoms with van der Waals surface area (Å²) in [5.41, 5.74) is 0. The second-order valence-corrected chi connectivity index (χ2v) is 2.90. The van der Waals surface area contributed by atoms with Crippen molar-refractivity contribution in [3.8, 4) is 0 Å². The fourth-order valence-corrected chi connectivity index (χ4v) is 0. The third-order valence-corrected chi connectivity index (χ3v) is 0.699. The topological polar surface area (TPSA) is 37.3 Å². The maximum absolute atomic E-state index is 9.76. The van der Waals surface area contributed by atoms with Gasteiger partial charge in [-0.3, -0.25) is 0 Å². The van der Waals surface area contributed by atoms with Crippen LogP contribution >= 0.6 is 23.2 Å². The number of carbonyl (C=O) groups is 1. The molecule has 0 aliphatic rings. The van der Waals surface area contributed by atoms with Gasteiger partial charge in [-0.15, -0.1) is 0 Å². The standard InChI is InChI=1S/C3H4Cl2O2.Li.H/c1-3(4,5)2(6)7;;/h1H3,(H,6,7);;. The van der Waals surface area contributed by atoms with E-state index in [-0.39, 0.29) is 18.9 Å². The van der Waals surface area contributed by atoms with Crippen LogP contribution < -0.4 is 0 Å². The van der Waals surface area contributed by atoms with Crippen LogP contribution in [0.25, 0.3) is 0 Å². The Morgan fingerprint density at radius 3 is 1.75 bits per heavy atom. The van der Waals surface area contributed by atoms with Gasteiger partial charge in [0.25, 0.3) is 0 Å². The number of hydrogen-bond donors (Lipinski definition) is 1. The zero-order valence-electron chi connectivity index (χ0n) is 3.61. The van der Waals surface area contributed by atoms with Gasteiger partial charge in [0.15, 0.2) is 0 Å². The Morgan fingerprint density at radius 2 is 1.75 bits per heavy atom. The summed E-state index contributed by atoms with van der Waals surface area (Å²) in [5, 5.41) is 7.99. The summed E-state index contributed by atoms with van der Waals surface area (Å²) >= 11 is 10.1. The van der Waals surface area contributed by atoms with Crippen LogP contribution in [0.3, 0.4) is 0 Å². The van der Waals surface area contributed by atoms with Gasteiger partial charge in [-0.1, -0.05) is 23.2 Å². The first-order valence-corrected chi connectivity index (χ1v) is 2.31. The quantitative estimate of drug-likeness (QED) is 0.440. The number of halogens is 2. The van der Waals surface area contributed by atoms with E-state index in [0.29, 0.717) is 0 Å². The number of hydrogen-bond acceptors (Lipinski definition) is 1. The van der Waals surface area contributed by atoms with Crippen molar-refractivity contribution in [2.75, 3.05) is 0 Å². The molecule has 0 radical (unpaired) electrons.